The summed E-state index contributed by atoms with van der Waals surface area (Å²) in [5.74, 6) is 0.970. The summed E-state index contributed by atoms with van der Waals surface area (Å²) < 4.78 is 5.12. The minimum atomic E-state index is 0.507. The van der Waals surface area contributed by atoms with E-state index in [2.05, 4.69) is 25.7 Å². The normalized spacial score (nSPS) is 20.2. The highest BCUT2D eigenvalue weighted by Gasteiger charge is 2.20. The lowest BCUT2D eigenvalue weighted by atomic mass is 9.83. The van der Waals surface area contributed by atoms with Crippen LogP contribution in [0.4, 0.5) is 0 Å². The summed E-state index contributed by atoms with van der Waals surface area (Å²) in [5, 5.41) is 0. The minimum absolute atomic E-state index is 0.507. The van der Waals surface area contributed by atoms with Crippen LogP contribution >= 0.6 is 0 Å². The van der Waals surface area contributed by atoms with E-state index < -0.39 is 0 Å². The van der Waals surface area contributed by atoms with Crippen LogP contribution < -0.4 is 0 Å². The third kappa shape index (κ3) is 5.86. The van der Waals surface area contributed by atoms with Gasteiger partial charge in [0.1, 0.15) is 0 Å². The smallest absolute Gasteiger partial charge is 0.0589 e. The van der Waals surface area contributed by atoms with Gasteiger partial charge in [-0.2, -0.15) is 0 Å². The predicted molar refractivity (Wildman–Crippen MR) is 69.7 cm³/mol. The number of hydrogen-bond donors (Lipinski definition) is 0. The SMILES string of the molecule is COCCN1CCC(CCC(C)(C)C)CC1. The van der Waals surface area contributed by atoms with Gasteiger partial charge in [-0.05, 0) is 50.1 Å². The summed E-state index contributed by atoms with van der Waals surface area (Å²) in [6, 6.07) is 0. The van der Waals surface area contributed by atoms with Crippen molar-refractivity contribution in [2.45, 2.75) is 46.5 Å². The van der Waals surface area contributed by atoms with E-state index in [9.17, 15) is 0 Å². The summed E-state index contributed by atoms with van der Waals surface area (Å²) in [7, 11) is 1.79. The molecule has 1 heterocycles. The maximum absolute atomic E-state index is 5.12. The Labute approximate surface area is 101 Å². The standard InChI is InChI=1S/C14H29NO/c1-14(2,3)8-5-13-6-9-15(10-7-13)11-12-16-4/h13H,5-12H2,1-4H3. The second kappa shape index (κ2) is 6.61. The van der Waals surface area contributed by atoms with Crippen molar-refractivity contribution in [1.29, 1.82) is 0 Å². The Kier molecular flexibility index (Phi) is 5.77. The minimum Gasteiger partial charge on any atom is -0.383 e. The first-order valence-corrected chi connectivity index (χ1v) is 6.72. The Balaban J connectivity index is 2.12. The van der Waals surface area contributed by atoms with Gasteiger partial charge in [0.05, 0.1) is 6.61 Å². The van der Waals surface area contributed by atoms with E-state index in [4.69, 9.17) is 4.74 Å². The molecule has 96 valence electrons. The zero-order valence-electron chi connectivity index (χ0n) is 11.6. The largest absolute Gasteiger partial charge is 0.383 e. The summed E-state index contributed by atoms with van der Waals surface area (Å²) in [4.78, 5) is 2.54. The fourth-order valence-corrected chi connectivity index (χ4v) is 2.36. The van der Waals surface area contributed by atoms with Crippen LogP contribution in [0.3, 0.4) is 0 Å². The molecule has 0 aromatic heterocycles. The molecule has 0 spiro atoms. The molecule has 1 aliphatic rings. The fraction of sp³-hybridized carbons (Fsp3) is 1.00. The van der Waals surface area contributed by atoms with E-state index in [1.54, 1.807) is 7.11 Å². The van der Waals surface area contributed by atoms with Gasteiger partial charge in [0.2, 0.25) is 0 Å². The van der Waals surface area contributed by atoms with Crippen LogP contribution in [0, 0.1) is 11.3 Å². The van der Waals surface area contributed by atoms with E-state index in [0.29, 0.717) is 5.41 Å². The number of ether oxygens (including phenoxy) is 1. The van der Waals surface area contributed by atoms with E-state index in [0.717, 1.165) is 19.1 Å². The first-order chi connectivity index (χ1) is 7.51. The van der Waals surface area contributed by atoms with E-state index in [1.807, 2.05) is 0 Å². The molecule has 1 rings (SSSR count). The van der Waals surface area contributed by atoms with Gasteiger partial charge in [0.25, 0.3) is 0 Å². The topological polar surface area (TPSA) is 12.5 Å². The Morgan fingerprint density at radius 1 is 1.19 bits per heavy atom. The lowest BCUT2D eigenvalue weighted by Gasteiger charge is -2.33. The molecular weight excluding hydrogens is 198 g/mol. The summed E-state index contributed by atoms with van der Waals surface area (Å²) >= 11 is 0. The molecule has 0 bridgehead atoms. The monoisotopic (exact) mass is 227 g/mol. The number of methoxy groups -OCH3 is 1. The number of hydrogen-bond acceptors (Lipinski definition) is 2. The molecule has 2 heteroatoms. The Morgan fingerprint density at radius 2 is 1.81 bits per heavy atom. The first-order valence-electron chi connectivity index (χ1n) is 6.72. The van der Waals surface area contributed by atoms with Crippen LogP contribution in [0.2, 0.25) is 0 Å². The van der Waals surface area contributed by atoms with Crippen LogP contribution in [0.5, 0.6) is 0 Å². The van der Waals surface area contributed by atoms with E-state index >= 15 is 0 Å². The van der Waals surface area contributed by atoms with Crippen LogP contribution in [0.15, 0.2) is 0 Å². The third-order valence-electron chi connectivity index (χ3n) is 3.62. The lowest BCUT2D eigenvalue weighted by Crippen LogP contribution is -2.36. The van der Waals surface area contributed by atoms with Crippen LogP contribution in [0.25, 0.3) is 0 Å². The van der Waals surface area contributed by atoms with E-state index in [1.165, 1.54) is 38.8 Å². The van der Waals surface area contributed by atoms with Crippen molar-refractivity contribution in [2.24, 2.45) is 11.3 Å². The molecule has 1 fully saturated rings. The molecule has 0 saturated carbocycles. The number of likely N-dealkylation sites (tertiary alicyclic amines) is 1. The van der Waals surface area contributed by atoms with E-state index in [-0.39, 0.29) is 0 Å². The van der Waals surface area contributed by atoms with Crippen molar-refractivity contribution < 1.29 is 4.74 Å². The van der Waals surface area contributed by atoms with Gasteiger partial charge in [-0.3, -0.25) is 0 Å². The Morgan fingerprint density at radius 3 is 2.31 bits per heavy atom. The van der Waals surface area contributed by atoms with Crippen molar-refractivity contribution in [1.82, 2.24) is 4.90 Å². The molecule has 1 aliphatic heterocycles. The number of rotatable bonds is 5. The molecule has 0 aromatic rings. The zero-order valence-corrected chi connectivity index (χ0v) is 11.6. The molecule has 0 N–H and O–H groups in total. The molecule has 0 aliphatic carbocycles. The van der Waals surface area contributed by atoms with Crippen LogP contribution in [0.1, 0.15) is 46.5 Å². The van der Waals surface area contributed by atoms with Crippen molar-refractivity contribution in [2.75, 3.05) is 33.4 Å². The van der Waals surface area contributed by atoms with Crippen molar-refractivity contribution in [3.05, 3.63) is 0 Å². The molecule has 0 amide bonds. The molecule has 0 aromatic carbocycles. The molecule has 1 saturated heterocycles. The van der Waals surface area contributed by atoms with Crippen molar-refractivity contribution in [3.63, 3.8) is 0 Å². The van der Waals surface area contributed by atoms with Gasteiger partial charge < -0.3 is 9.64 Å². The zero-order chi connectivity index (χ0) is 12.0. The maximum atomic E-state index is 5.12. The van der Waals surface area contributed by atoms with Gasteiger partial charge in [-0.15, -0.1) is 0 Å². The van der Waals surface area contributed by atoms with Gasteiger partial charge in [-0.1, -0.05) is 20.8 Å². The quantitative estimate of drug-likeness (QED) is 0.715. The second-order valence-corrected chi connectivity index (χ2v) is 6.38. The van der Waals surface area contributed by atoms with Gasteiger partial charge in [0.15, 0.2) is 0 Å². The highest BCUT2D eigenvalue weighted by Crippen LogP contribution is 2.28. The predicted octanol–water partition coefficient (Wildman–Crippen LogP) is 3.17. The highest BCUT2D eigenvalue weighted by molar-refractivity contribution is 4.74. The average Bonchev–Trinajstić information content (AvgIpc) is 2.24. The average molecular weight is 227 g/mol. The van der Waals surface area contributed by atoms with Crippen molar-refractivity contribution >= 4 is 0 Å². The third-order valence-corrected chi connectivity index (χ3v) is 3.62. The van der Waals surface area contributed by atoms with Crippen molar-refractivity contribution in [3.8, 4) is 0 Å². The first kappa shape index (κ1) is 14.0. The van der Waals surface area contributed by atoms with Gasteiger partial charge in [0, 0.05) is 13.7 Å². The van der Waals surface area contributed by atoms with Crippen LogP contribution in [-0.4, -0.2) is 38.3 Å². The number of nitrogens with zero attached hydrogens (tertiary/aromatic N) is 1. The summed E-state index contributed by atoms with van der Waals surface area (Å²) in [6.07, 6.45) is 5.57. The molecular formula is C14H29NO. The molecule has 2 nitrogen and oxygen atoms in total. The Bertz CT molecular complexity index is 178. The van der Waals surface area contributed by atoms with Gasteiger partial charge >= 0.3 is 0 Å². The lowest BCUT2D eigenvalue weighted by molar-refractivity contribution is 0.115. The Hall–Kier alpha value is -0.0800. The molecule has 0 atom stereocenters. The highest BCUT2D eigenvalue weighted by atomic mass is 16.5. The fourth-order valence-electron chi connectivity index (χ4n) is 2.36. The molecule has 0 radical (unpaired) electrons. The summed E-state index contributed by atoms with van der Waals surface area (Å²) in [5.41, 5.74) is 0.507. The molecule has 16 heavy (non-hydrogen) atoms. The summed E-state index contributed by atoms with van der Waals surface area (Å²) in [6.45, 7) is 11.6. The second-order valence-electron chi connectivity index (χ2n) is 6.38. The number of piperidine rings is 1. The van der Waals surface area contributed by atoms with Gasteiger partial charge in [-0.25, -0.2) is 0 Å². The molecule has 0 unspecified atom stereocenters. The van der Waals surface area contributed by atoms with Crippen LogP contribution in [-0.2, 0) is 4.74 Å². The maximum Gasteiger partial charge on any atom is 0.0589 e.